The fraction of sp³-hybridized carbons (Fsp3) is 0.533. The summed E-state index contributed by atoms with van der Waals surface area (Å²) in [5, 5.41) is 15.7. The van der Waals surface area contributed by atoms with Gasteiger partial charge in [0.1, 0.15) is 5.75 Å². The number of aromatic nitrogens is 4. The lowest BCUT2D eigenvalue weighted by molar-refractivity contribution is 0.314. The number of hydrogen-bond acceptors (Lipinski definition) is 5. The van der Waals surface area contributed by atoms with Crippen molar-refractivity contribution in [3.8, 4) is 5.75 Å². The molecule has 7 heteroatoms. The molecule has 0 aliphatic rings. The van der Waals surface area contributed by atoms with Crippen LogP contribution in [0.5, 0.6) is 5.75 Å². The highest BCUT2D eigenvalue weighted by molar-refractivity contribution is 6.30. The van der Waals surface area contributed by atoms with E-state index in [1.807, 2.05) is 18.2 Å². The van der Waals surface area contributed by atoms with Crippen LogP contribution in [0.4, 0.5) is 5.95 Å². The van der Waals surface area contributed by atoms with E-state index < -0.39 is 0 Å². The zero-order chi connectivity index (χ0) is 15.8. The number of nitrogens with one attached hydrogen (secondary N) is 1. The number of tetrazole rings is 1. The lowest BCUT2D eigenvalue weighted by Crippen LogP contribution is -2.10. The van der Waals surface area contributed by atoms with Gasteiger partial charge in [0.05, 0.1) is 6.61 Å². The first-order chi connectivity index (χ1) is 10.7. The summed E-state index contributed by atoms with van der Waals surface area (Å²) in [5.41, 5.74) is 0.992. The molecule has 120 valence electrons. The molecule has 0 radical (unpaired) electrons. The zero-order valence-electron chi connectivity index (χ0n) is 13.0. The Morgan fingerprint density at radius 2 is 2.14 bits per heavy atom. The van der Waals surface area contributed by atoms with E-state index in [2.05, 4.69) is 34.7 Å². The maximum atomic E-state index is 6.08. The Morgan fingerprint density at radius 1 is 1.27 bits per heavy atom. The van der Waals surface area contributed by atoms with Gasteiger partial charge in [0, 0.05) is 23.7 Å². The van der Waals surface area contributed by atoms with Crippen LogP contribution in [0.25, 0.3) is 0 Å². The predicted octanol–water partition coefficient (Wildman–Crippen LogP) is 3.53. The minimum atomic E-state index is 0.562. The van der Waals surface area contributed by atoms with Gasteiger partial charge in [0.25, 0.3) is 0 Å². The van der Waals surface area contributed by atoms with Crippen LogP contribution >= 0.6 is 11.6 Å². The number of hydrogen-bond donors (Lipinski definition) is 1. The van der Waals surface area contributed by atoms with Crippen LogP contribution < -0.4 is 10.1 Å². The Bertz CT molecular complexity index is 587. The van der Waals surface area contributed by atoms with E-state index in [1.54, 1.807) is 4.68 Å². The third kappa shape index (κ3) is 4.59. The van der Waals surface area contributed by atoms with Crippen molar-refractivity contribution in [2.24, 2.45) is 0 Å². The monoisotopic (exact) mass is 323 g/mol. The Hall–Kier alpha value is -1.82. The molecule has 0 aliphatic carbocycles. The topological polar surface area (TPSA) is 64.9 Å². The van der Waals surface area contributed by atoms with Gasteiger partial charge >= 0.3 is 0 Å². The normalized spacial score (nSPS) is 10.7. The van der Waals surface area contributed by atoms with E-state index in [-0.39, 0.29) is 0 Å². The fourth-order valence-electron chi connectivity index (χ4n) is 2.00. The van der Waals surface area contributed by atoms with Gasteiger partial charge in [-0.15, -0.1) is 0 Å². The summed E-state index contributed by atoms with van der Waals surface area (Å²) in [6.07, 6.45) is 3.11. The molecule has 1 aromatic heterocycles. The van der Waals surface area contributed by atoms with Crippen molar-refractivity contribution in [2.75, 3.05) is 11.9 Å². The van der Waals surface area contributed by atoms with Gasteiger partial charge < -0.3 is 10.1 Å². The number of benzene rings is 1. The molecule has 0 amide bonds. The molecule has 0 saturated carbocycles. The summed E-state index contributed by atoms with van der Waals surface area (Å²) in [6, 6.07) is 5.64. The van der Waals surface area contributed by atoms with E-state index in [0.29, 0.717) is 24.1 Å². The summed E-state index contributed by atoms with van der Waals surface area (Å²) in [6.45, 7) is 6.27. The molecule has 0 spiro atoms. The molecule has 2 rings (SSSR count). The van der Waals surface area contributed by atoms with Gasteiger partial charge in [-0.25, -0.2) is 4.68 Å². The Kier molecular flexibility index (Phi) is 6.45. The van der Waals surface area contributed by atoms with E-state index in [0.717, 1.165) is 37.1 Å². The molecular weight excluding hydrogens is 302 g/mol. The first kappa shape index (κ1) is 16.5. The van der Waals surface area contributed by atoms with Crippen LogP contribution in [0.15, 0.2) is 18.2 Å². The van der Waals surface area contributed by atoms with Gasteiger partial charge in [0.2, 0.25) is 5.95 Å². The minimum absolute atomic E-state index is 0.562. The van der Waals surface area contributed by atoms with Crippen LogP contribution in [0, 0.1) is 0 Å². The molecule has 0 saturated heterocycles. The predicted molar refractivity (Wildman–Crippen MR) is 87.3 cm³/mol. The van der Waals surface area contributed by atoms with Crippen molar-refractivity contribution in [2.45, 2.75) is 46.2 Å². The summed E-state index contributed by atoms with van der Waals surface area (Å²) in [4.78, 5) is 0. The van der Waals surface area contributed by atoms with Crippen LogP contribution in [0.3, 0.4) is 0 Å². The first-order valence-corrected chi connectivity index (χ1v) is 8.03. The summed E-state index contributed by atoms with van der Waals surface area (Å²) in [7, 11) is 0. The van der Waals surface area contributed by atoms with Crippen molar-refractivity contribution in [1.82, 2.24) is 20.2 Å². The molecule has 0 aliphatic heterocycles. The molecule has 0 bridgehead atoms. The average Bonchev–Trinajstić information content (AvgIpc) is 2.97. The molecule has 22 heavy (non-hydrogen) atoms. The molecule has 1 aromatic carbocycles. The number of anilines is 1. The lowest BCUT2D eigenvalue weighted by atomic mass is 10.2. The molecule has 2 aromatic rings. The maximum Gasteiger partial charge on any atom is 0.243 e. The van der Waals surface area contributed by atoms with Gasteiger partial charge in [-0.3, -0.25) is 0 Å². The van der Waals surface area contributed by atoms with Crippen molar-refractivity contribution in [3.63, 3.8) is 0 Å². The average molecular weight is 324 g/mol. The number of ether oxygens (including phenoxy) is 1. The van der Waals surface area contributed by atoms with Gasteiger partial charge in [-0.1, -0.05) is 37.0 Å². The van der Waals surface area contributed by atoms with Crippen LogP contribution in [-0.2, 0) is 13.1 Å². The van der Waals surface area contributed by atoms with E-state index >= 15 is 0 Å². The third-order valence-electron chi connectivity index (χ3n) is 3.18. The molecule has 1 N–H and O–H groups in total. The number of aryl methyl sites for hydroxylation is 1. The highest BCUT2D eigenvalue weighted by Crippen LogP contribution is 2.24. The van der Waals surface area contributed by atoms with E-state index in [4.69, 9.17) is 16.3 Å². The SMILES string of the molecule is CCCCn1nnnc1NCc1cc(Cl)ccc1OCCC. The lowest BCUT2D eigenvalue weighted by Gasteiger charge is -2.12. The second-order valence-corrected chi connectivity index (χ2v) is 5.47. The largest absolute Gasteiger partial charge is 0.493 e. The van der Waals surface area contributed by atoms with Crippen LogP contribution in [0.2, 0.25) is 5.02 Å². The Balaban J connectivity index is 2.04. The quantitative estimate of drug-likeness (QED) is 0.764. The molecular formula is C15H22ClN5O. The molecule has 0 unspecified atom stereocenters. The fourth-order valence-corrected chi connectivity index (χ4v) is 2.20. The number of rotatable bonds is 9. The zero-order valence-corrected chi connectivity index (χ0v) is 13.8. The van der Waals surface area contributed by atoms with Crippen LogP contribution in [0.1, 0.15) is 38.7 Å². The van der Waals surface area contributed by atoms with E-state index in [1.165, 1.54) is 0 Å². The standard InChI is InChI=1S/C15H22ClN5O/c1-3-5-8-21-15(18-19-20-21)17-11-12-10-13(16)6-7-14(12)22-9-4-2/h6-7,10H,3-5,8-9,11H2,1-2H3,(H,17,18,20). The highest BCUT2D eigenvalue weighted by Gasteiger charge is 2.08. The van der Waals surface area contributed by atoms with Crippen molar-refractivity contribution in [1.29, 1.82) is 0 Å². The smallest absolute Gasteiger partial charge is 0.243 e. The van der Waals surface area contributed by atoms with Crippen LogP contribution in [-0.4, -0.2) is 26.8 Å². The number of unbranched alkanes of at least 4 members (excludes halogenated alkanes) is 1. The minimum Gasteiger partial charge on any atom is -0.493 e. The Morgan fingerprint density at radius 3 is 2.91 bits per heavy atom. The summed E-state index contributed by atoms with van der Waals surface area (Å²) >= 11 is 6.08. The second-order valence-electron chi connectivity index (χ2n) is 5.03. The van der Waals surface area contributed by atoms with Gasteiger partial charge in [-0.2, -0.15) is 0 Å². The van der Waals surface area contributed by atoms with Gasteiger partial charge in [0.15, 0.2) is 0 Å². The van der Waals surface area contributed by atoms with Crippen molar-refractivity contribution >= 4 is 17.5 Å². The Labute approximate surface area is 135 Å². The maximum absolute atomic E-state index is 6.08. The third-order valence-corrected chi connectivity index (χ3v) is 3.41. The van der Waals surface area contributed by atoms with Crippen molar-refractivity contribution in [3.05, 3.63) is 28.8 Å². The molecule has 0 fully saturated rings. The second kappa shape index (κ2) is 8.58. The summed E-state index contributed by atoms with van der Waals surface area (Å²) in [5.74, 6) is 1.50. The molecule has 6 nitrogen and oxygen atoms in total. The number of halogens is 1. The summed E-state index contributed by atoms with van der Waals surface area (Å²) < 4.78 is 7.53. The molecule has 0 atom stereocenters. The highest BCUT2D eigenvalue weighted by atomic mass is 35.5. The van der Waals surface area contributed by atoms with Crippen molar-refractivity contribution < 1.29 is 4.74 Å². The number of nitrogens with zero attached hydrogens (tertiary/aromatic N) is 4. The van der Waals surface area contributed by atoms with E-state index in [9.17, 15) is 0 Å². The molecule has 1 heterocycles. The first-order valence-electron chi connectivity index (χ1n) is 7.65. The van der Waals surface area contributed by atoms with Gasteiger partial charge in [-0.05, 0) is 41.5 Å².